The summed E-state index contributed by atoms with van der Waals surface area (Å²) in [5, 5.41) is 9.65. The van der Waals surface area contributed by atoms with Gasteiger partial charge >= 0.3 is 0 Å². The second-order valence-corrected chi connectivity index (χ2v) is 4.68. The van der Waals surface area contributed by atoms with E-state index in [0.29, 0.717) is 0 Å². The Labute approximate surface area is 117 Å². The molecule has 1 aromatic carbocycles. The van der Waals surface area contributed by atoms with Gasteiger partial charge in [0.1, 0.15) is 11.4 Å². The van der Waals surface area contributed by atoms with Crippen LogP contribution in [-0.4, -0.2) is 21.6 Å². The van der Waals surface area contributed by atoms with Crippen molar-refractivity contribution in [3.8, 4) is 17.0 Å². The van der Waals surface area contributed by atoms with Crippen LogP contribution in [0.1, 0.15) is 11.3 Å². The van der Waals surface area contributed by atoms with Gasteiger partial charge in [0, 0.05) is 11.8 Å². The third-order valence-electron chi connectivity index (χ3n) is 3.45. The molecule has 0 radical (unpaired) electrons. The van der Waals surface area contributed by atoms with Gasteiger partial charge in [0.15, 0.2) is 0 Å². The Bertz CT molecular complexity index is 762. The molecule has 3 aromatic rings. The third kappa shape index (κ3) is 1.94. The molecule has 20 heavy (non-hydrogen) atoms. The lowest BCUT2D eigenvalue weighted by molar-refractivity contribution is 0.276. The smallest absolute Gasteiger partial charge is 0.137 e. The van der Waals surface area contributed by atoms with E-state index in [1.807, 2.05) is 53.9 Å². The van der Waals surface area contributed by atoms with Crippen LogP contribution >= 0.6 is 0 Å². The average molecular weight is 268 g/mol. The van der Waals surface area contributed by atoms with Crippen LogP contribution in [-0.2, 0) is 6.61 Å². The van der Waals surface area contributed by atoms with Crippen molar-refractivity contribution in [3.05, 3.63) is 53.9 Å². The standard InChI is InChI=1S/C16H16N2O2/c1-11-9-12(6-7-14(11)20-2)16-13(10-19)18-8-4-3-5-15(18)17-16/h3-9,19H,10H2,1-2H3. The number of hydrogen-bond acceptors (Lipinski definition) is 3. The molecule has 0 fully saturated rings. The van der Waals surface area contributed by atoms with E-state index in [4.69, 9.17) is 4.74 Å². The number of imidazole rings is 1. The van der Waals surface area contributed by atoms with Gasteiger partial charge in [-0.25, -0.2) is 4.98 Å². The summed E-state index contributed by atoms with van der Waals surface area (Å²) in [6, 6.07) is 11.7. The maximum Gasteiger partial charge on any atom is 0.137 e. The molecule has 0 aliphatic carbocycles. The predicted octanol–water partition coefficient (Wildman–Crippen LogP) is 2.81. The van der Waals surface area contributed by atoms with E-state index >= 15 is 0 Å². The molecule has 0 unspecified atom stereocenters. The molecule has 2 heterocycles. The molecule has 0 bridgehead atoms. The Hall–Kier alpha value is -2.33. The summed E-state index contributed by atoms with van der Waals surface area (Å²) in [5.41, 5.74) is 4.47. The van der Waals surface area contributed by atoms with Crippen molar-refractivity contribution in [2.24, 2.45) is 0 Å². The van der Waals surface area contributed by atoms with Crippen molar-refractivity contribution in [2.75, 3.05) is 7.11 Å². The van der Waals surface area contributed by atoms with E-state index in [2.05, 4.69) is 4.98 Å². The first kappa shape index (κ1) is 12.7. The third-order valence-corrected chi connectivity index (χ3v) is 3.45. The largest absolute Gasteiger partial charge is 0.496 e. The highest BCUT2D eigenvalue weighted by atomic mass is 16.5. The van der Waals surface area contributed by atoms with Gasteiger partial charge in [0.2, 0.25) is 0 Å². The van der Waals surface area contributed by atoms with E-state index in [-0.39, 0.29) is 6.61 Å². The molecule has 0 saturated carbocycles. The second-order valence-electron chi connectivity index (χ2n) is 4.68. The molecule has 0 amide bonds. The van der Waals surface area contributed by atoms with Gasteiger partial charge in [-0.05, 0) is 42.8 Å². The van der Waals surface area contributed by atoms with Crippen LogP contribution < -0.4 is 4.74 Å². The first-order chi connectivity index (χ1) is 9.74. The number of nitrogens with zero attached hydrogens (tertiary/aromatic N) is 2. The van der Waals surface area contributed by atoms with Gasteiger partial charge in [0.05, 0.1) is 25.1 Å². The summed E-state index contributed by atoms with van der Waals surface area (Å²) in [7, 11) is 1.66. The van der Waals surface area contributed by atoms with Crippen LogP contribution in [0.5, 0.6) is 5.75 Å². The molecule has 2 aromatic heterocycles. The number of aliphatic hydroxyl groups excluding tert-OH is 1. The van der Waals surface area contributed by atoms with E-state index in [0.717, 1.165) is 33.9 Å². The van der Waals surface area contributed by atoms with Gasteiger partial charge in [-0.2, -0.15) is 0 Å². The maximum absolute atomic E-state index is 9.65. The van der Waals surface area contributed by atoms with Gasteiger partial charge < -0.3 is 14.2 Å². The monoisotopic (exact) mass is 268 g/mol. The molecule has 1 N–H and O–H groups in total. The lowest BCUT2D eigenvalue weighted by atomic mass is 10.1. The summed E-state index contributed by atoms with van der Waals surface area (Å²) in [4.78, 5) is 4.61. The molecule has 3 rings (SSSR count). The van der Waals surface area contributed by atoms with Gasteiger partial charge in [-0.15, -0.1) is 0 Å². The van der Waals surface area contributed by atoms with Crippen LogP contribution in [0.15, 0.2) is 42.6 Å². The molecule has 0 saturated heterocycles. The van der Waals surface area contributed by atoms with Gasteiger partial charge in [0.25, 0.3) is 0 Å². The summed E-state index contributed by atoms with van der Waals surface area (Å²) in [5.74, 6) is 0.850. The molecule has 4 heteroatoms. The molecule has 0 atom stereocenters. The maximum atomic E-state index is 9.65. The van der Waals surface area contributed by atoms with Crippen LogP contribution in [0.25, 0.3) is 16.9 Å². The summed E-state index contributed by atoms with van der Waals surface area (Å²) < 4.78 is 7.19. The minimum atomic E-state index is -0.0500. The zero-order chi connectivity index (χ0) is 14.1. The van der Waals surface area contributed by atoms with Crippen molar-refractivity contribution in [1.82, 2.24) is 9.38 Å². The Kier molecular flexibility index (Phi) is 3.16. The minimum Gasteiger partial charge on any atom is -0.496 e. The van der Waals surface area contributed by atoms with E-state index in [1.165, 1.54) is 0 Å². The highest BCUT2D eigenvalue weighted by Gasteiger charge is 2.13. The van der Waals surface area contributed by atoms with E-state index < -0.39 is 0 Å². The fraction of sp³-hybridized carbons (Fsp3) is 0.188. The number of rotatable bonds is 3. The fourth-order valence-electron chi connectivity index (χ4n) is 2.45. The van der Waals surface area contributed by atoms with E-state index in [1.54, 1.807) is 7.11 Å². The number of methoxy groups -OCH3 is 1. The van der Waals surface area contributed by atoms with Gasteiger partial charge in [-0.3, -0.25) is 0 Å². The predicted molar refractivity (Wildman–Crippen MR) is 77.8 cm³/mol. The topological polar surface area (TPSA) is 46.8 Å². The zero-order valence-corrected chi connectivity index (χ0v) is 11.5. The van der Waals surface area contributed by atoms with Crippen molar-refractivity contribution in [3.63, 3.8) is 0 Å². The minimum absolute atomic E-state index is 0.0500. The second kappa shape index (κ2) is 4.98. The Morgan fingerprint density at radius 1 is 1.25 bits per heavy atom. The number of aliphatic hydroxyl groups is 1. The summed E-state index contributed by atoms with van der Waals surface area (Å²) in [6.07, 6.45) is 1.91. The van der Waals surface area contributed by atoms with Gasteiger partial charge in [-0.1, -0.05) is 6.07 Å². The molecule has 0 aliphatic heterocycles. The molecular weight excluding hydrogens is 252 g/mol. The first-order valence-electron chi connectivity index (χ1n) is 6.46. The number of fused-ring (bicyclic) bond motifs is 1. The van der Waals surface area contributed by atoms with Crippen LogP contribution in [0.2, 0.25) is 0 Å². The molecule has 102 valence electrons. The molecular formula is C16H16N2O2. The van der Waals surface area contributed by atoms with Crippen LogP contribution in [0.4, 0.5) is 0 Å². The van der Waals surface area contributed by atoms with Crippen molar-refractivity contribution in [2.45, 2.75) is 13.5 Å². The van der Waals surface area contributed by atoms with Crippen molar-refractivity contribution >= 4 is 5.65 Å². The number of pyridine rings is 1. The van der Waals surface area contributed by atoms with Crippen molar-refractivity contribution < 1.29 is 9.84 Å². The quantitative estimate of drug-likeness (QED) is 0.794. The Morgan fingerprint density at radius 3 is 2.80 bits per heavy atom. The van der Waals surface area contributed by atoms with Crippen molar-refractivity contribution in [1.29, 1.82) is 0 Å². The van der Waals surface area contributed by atoms with Crippen LogP contribution in [0.3, 0.4) is 0 Å². The fourth-order valence-corrected chi connectivity index (χ4v) is 2.45. The summed E-state index contributed by atoms with van der Waals surface area (Å²) >= 11 is 0. The number of ether oxygens (including phenoxy) is 1. The zero-order valence-electron chi connectivity index (χ0n) is 11.5. The number of aryl methyl sites for hydroxylation is 1. The lowest BCUT2D eigenvalue weighted by Crippen LogP contribution is -1.94. The number of benzene rings is 1. The summed E-state index contributed by atoms with van der Waals surface area (Å²) in [6.45, 7) is 1.95. The number of hydrogen-bond donors (Lipinski definition) is 1. The number of aromatic nitrogens is 2. The average Bonchev–Trinajstić information content (AvgIpc) is 2.85. The lowest BCUT2D eigenvalue weighted by Gasteiger charge is -2.07. The molecule has 0 spiro atoms. The Balaban J connectivity index is 2.21. The Morgan fingerprint density at radius 2 is 2.10 bits per heavy atom. The molecule has 0 aliphatic rings. The van der Waals surface area contributed by atoms with Crippen LogP contribution in [0, 0.1) is 6.92 Å². The SMILES string of the molecule is COc1ccc(-c2nc3ccccn3c2CO)cc1C. The highest BCUT2D eigenvalue weighted by molar-refractivity contribution is 5.68. The first-order valence-corrected chi connectivity index (χ1v) is 6.46. The normalized spacial score (nSPS) is 10.9. The highest BCUT2D eigenvalue weighted by Crippen LogP contribution is 2.28. The van der Waals surface area contributed by atoms with E-state index in [9.17, 15) is 5.11 Å². The molecule has 4 nitrogen and oxygen atoms in total.